The van der Waals surface area contributed by atoms with E-state index in [1.54, 1.807) is 12.1 Å². The Balaban J connectivity index is 1.95. The number of benzene rings is 1. The second-order valence-electron chi connectivity index (χ2n) is 5.65. The SMILES string of the molecule is CN(C)c1nc(N(C)C)n2c(SCc3ccc(F)cc3)nnc2n1. The minimum atomic E-state index is -0.240. The van der Waals surface area contributed by atoms with Gasteiger partial charge in [0.2, 0.25) is 11.9 Å². The first-order valence-electron chi connectivity index (χ1n) is 7.31. The minimum absolute atomic E-state index is 0.240. The molecule has 0 spiro atoms. The van der Waals surface area contributed by atoms with Gasteiger partial charge in [-0.25, -0.2) is 8.79 Å². The van der Waals surface area contributed by atoms with Crippen molar-refractivity contribution in [2.24, 2.45) is 0 Å². The summed E-state index contributed by atoms with van der Waals surface area (Å²) in [6.45, 7) is 0. The first-order valence-corrected chi connectivity index (χ1v) is 8.29. The molecule has 2 heterocycles. The van der Waals surface area contributed by atoms with Gasteiger partial charge < -0.3 is 9.80 Å². The molecule has 9 heteroatoms. The second kappa shape index (κ2) is 6.60. The molecule has 0 N–H and O–H groups in total. The Kier molecular flexibility index (Phi) is 4.52. The number of nitrogens with zero attached hydrogens (tertiary/aromatic N) is 7. The number of fused-ring (bicyclic) bond motifs is 1. The molecular formula is C15H18FN7S. The number of hydrogen-bond acceptors (Lipinski definition) is 7. The Morgan fingerprint density at radius 3 is 2.33 bits per heavy atom. The average Bonchev–Trinajstić information content (AvgIpc) is 2.96. The van der Waals surface area contributed by atoms with Crippen molar-refractivity contribution in [3.8, 4) is 0 Å². The van der Waals surface area contributed by atoms with Crippen LogP contribution in [0.15, 0.2) is 29.4 Å². The molecule has 0 aliphatic carbocycles. The van der Waals surface area contributed by atoms with Gasteiger partial charge in [0.1, 0.15) is 5.82 Å². The van der Waals surface area contributed by atoms with Crippen LogP contribution in [0.25, 0.3) is 5.78 Å². The number of aromatic nitrogens is 5. The Hall–Kier alpha value is -2.42. The maximum atomic E-state index is 13.0. The number of thioether (sulfide) groups is 1. The van der Waals surface area contributed by atoms with Gasteiger partial charge in [-0.2, -0.15) is 9.97 Å². The molecule has 0 unspecified atom stereocenters. The van der Waals surface area contributed by atoms with E-state index in [9.17, 15) is 4.39 Å². The number of halogens is 1. The van der Waals surface area contributed by atoms with Crippen LogP contribution in [0.4, 0.5) is 16.3 Å². The topological polar surface area (TPSA) is 62.5 Å². The van der Waals surface area contributed by atoms with Gasteiger partial charge in [0.25, 0.3) is 5.78 Å². The Morgan fingerprint density at radius 1 is 1.00 bits per heavy atom. The maximum Gasteiger partial charge on any atom is 0.261 e. The normalized spacial score (nSPS) is 11.0. The Morgan fingerprint density at radius 2 is 1.71 bits per heavy atom. The van der Waals surface area contributed by atoms with E-state index in [1.165, 1.54) is 23.9 Å². The van der Waals surface area contributed by atoms with Crippen molar-refractivity contribution < 1.29 is 4.39 Å². The molecule has 0 radical (unpaired) electrons. The van der Waals surface area contributed by atoms with Crippen molar-refractivity contribution in [1.82, 2.24) is 24.6 Å². The summed E-state index contributed by atoms with van der Waals surface area (Å²) in [6, 6.07) is 6.43. The first-order chi connectivity index (χ1) is 11.5. The van der Waals surface area contributed by atoms with E-state index in [-0.39, 0.29) is 5.82 Å². The van der Waals surface area contributed by atoms with Crippen LogP contribution in [0.2, 0.25) is 0 Å². The van der Waals surface area contributed by atoms with E-state index in [0.717, 1.165) is 5.56 Å². The highest BCUT2D eigenvalue weighted by Crippen LogP contribution is 2.25. The molecule has 0 fully saturated rings. The van der Waals surface area contributed by atoms with Gasteiger partial charge in [0.05, 0.1) is 0 Å². The average molecular weight is 347 g/mol. The van der Waals surface area contributed by atoms with E-state index in [1.807, 2.05) is 42.4 Å². The predicted molar refractivity (Wildman–Crippen MR) is 93.2 cm³/mol. The lowest BCUT2D eigenvalue weighted by atomic mass is 10.2. The van der Waals surface area contributed by atoms with Crippen LogP contribution in [0.3, 0.4) is 0 Å². The van der Waals surface area contributed by atoms with Crippen LogP contribution in [0.1, 0.15) is 5.56 Å². The van der Waals surface area contributed by atoms with E-state index in [0.29, 0.717) is 28.6 Å². The van der Waals surface area contributed by atoms with Gasteiger partial charge in [-0.05, 0) is 17.7 Å². The van der Waals surface area contributed by atoms with Crippen molar-refractivity contribution in [2.45, 2.75) is 10.9 Å². The third-order valence-corrected chi connectivity index (χ3v) is 4.30. The lowest BCUT2D eigenvalue weighted by molar-refractivity contribution is 0.627. The molecule has 0 bridgehead atoms. The van der Waals surface area contributed by atoms with Crippen LogP contribution >= 0.6 is 11.8 Å². The summed E-state index contributed by atoms with van der Waals surface area (Å²) in [5.41, 5.74) is 1.01. The lowest BCUT2D eigenvalue weighted by Crippen LogP contribution is -2.20. The van der Waals surface area contributed by atoms with Gasteiger partial charge in [-0.15, -0.1) is 10.2 Å². The van der Waals surface area contributed by atoms with Crippen LogP contribution in [0.5, 0.6) is 0 Å². The van der Waals surface area contributed by atoms with Gasteiger partial charge in [-0.1, -0.05) is 23.9 Å². The van der Waals surface area contributed by atoms with Crippen LogP contribution in [-0.2, 0) is 5.75 Å². The zero-order valence-electron chi connectivity index (χ0n) is 13.9. The standard InChI is InChI=1S/C15H18FN7S/c1-21(2)12-17-13-19-20-15(23(13)14(18-12)22(3)4)24-9-10-5-7-11(16)8-6-10/h5-8H,9H2,1-4H3. The first kappa shape index (κ1) is 16.4. The summed E-state index contributed by atoms with van der Waals surface area (Å²) >= 11 is 1.51. The molecule has 3 rings (SSSR count). The molecule has 3 aromatic rings. The summed E-state index contributed by atoms with van der Waals surface area (Å²) < 4.78 is 14.8. The molecule has 2 aromatic heterocycles. The number of rotatable bonds is 5. The molecule has 0 atom stereocenters. The van der Waals surface area contributed by atoms with Crippen molar-refractivity contribution in [2.75, 3.05) is 38.0 Å². The van der Waals surface area contributed by atoms with E-state index >= 15 is 0 Å². The van der Waals surface area contributed by atoms with Crippen molar-refractivity contribution in [3.05, 3.63) is 35.6 Å². The molecule has 7 nitrogen and oxygen atoms in total. The molecule has 0 amide bonds. The zero-order valence-corrected chi connectivity index (χ0v) is 14.7. The smallest absolute Gasteiger partial charge is 0.261 e. The molecule has 1 aromatic carbocycles. The summed E-state index contributed by atoms with van der Waals surface area (Å²) in [4.78, 5) is 12.7. The molecular weight excluding hydrogens is 329 g/mol. The predicted octanol–water partition coefficient (Wildman–Crippen LogP) is 2.08. The van der Waals surface area contributed by atoms with Crippen molar-refractivity contribution in [1.29, 1.82) is 0 Å². The number of hydrogen-bond donors (Lipinski definition) is 0. The quantitative estimate of drug-likeness (QED) is 0.655. The number of anilines is 2. The molecule has 0 aliphatic rings. The van der Waals surface area contributed by atoms with Crippen LogP contribution in [0, 0.1) is 5.82 Å². The van der Waals surface area contributed by atoms with E-state index in [2.05, 4.69) is 20.2 Å². The fourth-order valence-corrected chi connectivity index (χ4v) is 2.96. The largest absolute Gasteiger partial charge is 0.348 e. The Labute approximate surface area is 143 Å². The highest BCUT2D eigenvalue weighted by molar-refractivity contribution is 7.98. The second-order valence-corrected chi connectivity index (χ2v) is 6.59. The van der Waals surface area contributed by atoms with Gasteiger partial charge in [0, 0.05) is 33.9 Å². The molecule has 0 saturated heterocycles. The van der Waals surface area contributed by atoms with E-state index < -0.39 is 0 Å². The molecule has 126 valence electrons. The monoisotopic (exact) mass is 347 g/mol. The maximum absolute atomic E-state index is 13.0. The van der Waals surface area contributed by atoms with Crippen molar-refractivity contribution in [3.63, 3.8) is 0 Å². The van der Waals surface area contributed by atoms with Crippen LogP contribution < -0.4 is 9.80 Å². The van der Waals surface area contributed by atoms with Gasteiger partial charge in [0.15, 0.2) is 5.16 Å². The fraction of sp³-hybridized carbons (Fsp3) is 0.333. The van der Waals surface area contributed by atoms with Crippen LogP contribution in [-0.4, -0.2) is 52.8 Å². The highest BCUT2D eigenvalue weighted by atomic mass is 32.2. The fourth-order valence-electron chi connectivity index (χ4n) is 2.09. The van der Waals surface area contributed by atoms with E-state index in [4.69, 9.17) is 0 Å². The third kappa shape index (κ3) is 3.25. The van der Waals surface area contributed by atoms with Gasteiger partial charge in [-0.3, -0.25) is 0 Å². The Bertz CT molecular complexity index is 845. The third-order valence-electron chi connectivity index (χ3n) is 3.30. The summed E-state index contributed by atoms with van der Waals surface area (Å²) in [7, 11) is 7.59. The summed E-state index contributed by atoms with van der Waals surface area (Å²) in [5, 5.41) is 9.08. The lowest BCUT2D eigenvalue weighted by Gasteiger charge is -2.17. The molecule has 0 saturated carbocycles. The minimum Gasteiger partial charge on any atom is -0.348 e. The zero-order chi connectivity index (χ0) is 17.3. The van der Waals surface area contributed by atoms with Gasteiger partial charge >= 0.3 is 0 Å². The summed E-state index contributed by atoms with van der Waals surface area (Å²) in [5.74, 6) is 2.20. The molecule has 0 aliphatic heterocycles. The van der Waals surface area contributed by atoms with Crippen molar-refractivity contribution >= 4 is 29.4 Å². The summed E-state index contributed by atoms with van der Waals surface area (Å²) in [6.07, 6.45) is 0. The molecule has 24 heavy (non-hydrogen) atoms. The highest BCUT2D eigenvalue weighted by Gasteiger charge is 2.17.